The molecular formula is C23H35FN4O2. The quantitative estimate of drug-likeness (QED) is 0.637. The van der Waals surface area contributed by atoms with Crippen molar-refractivity contribution >= 4 is 11.9 Å². The van der Waals surface area contributed by atoms with Gasteiger partial charge in [0.15, 0.2) is 0 Å². The van der Waals surface area contributed by atoms with Gasteiger partial charge in [-0.3, -0.25) is 4.79 Å². The van der Waals surface area contributed by atoms with Crippen molar-refractivity contribution in [3.8, 4) is 0 Å². The van der Waals surface area contributed by atoms with Crippen LogP contribution in [0.3, 0.4) is 0 Å². The third-order valence-electron chi connectivity index (χ3n) is 6.20. The number of urea groups is 1. The second kappa shape index (κ2) is 11.3. The van der Waals surface area contributed by atoms with E-state index in [1.165, 1.54) is 25.0 Å². The molecule has 0 aliphatic carbocycles. The van der Waals surface area contributed by atoms with Crippen molar-refractivity contribution in [2.24, 2.45) is 5.92 Å². The van der Waals surface area contributed by atoms with Crippen molar-refractivity contribution in [3.05, 3.63) is 35.6 Å². The number of amides is 3. The van der Waals surface area contributed by atoms with Gasteiger partial charge in [-0.1, -0.05) is 25.5 Å². The molecule has 1 aromatic rings. The molecule has 2 aliphatic heterocycles. The monoisotopic (exact) mass is 418 g/mol. The van der Waals surface area contributed by atoms with Crippen LogP contribution in [0.1, 0.15) is 57.1 Å². The number of nitrogens with zero attached hydrogens (tertiary/aromatic N) is 2. The molecule has 1 aromatic carbocycles. The lowest BCUT2D eigenvalue weighted by molar-refractivity contribution is -0.126. The zero-order valence-electron chi connectivity index (χ0n) is 18.0. The Bertz CT molecular complexity index is 691. The average Bonchev–Trinajstić information content (AvgIpc) is 3.27. The van der Waals surface area contributed by atoms with Gasteiger partial charge in [-0.25, -0.2) is 9.18 Å². The summed E-state index contributed by atoms with van der Waals surface area (Å²) in [6.07, 6.45) is 5.81. The molecule has 0 aromatic heterocycles. The predicted octanol–water partition coefficient (Wildman–Crippen LogP) is 3.30. The van der Waals surface area contributed by atoms with E-state index >= 15 is 0 Å². The van der Waals surface area contributed by atoms with E-state index in [9.17, 15) is 14.0 Å². The number of likely N-dealkylation sites (tertiary alicyclic amines) is 2. The Morgan fingerprint density at radius 3 is 2.50 bits per heavy atom. The van der Waals surface area contributed by atoms with Crippen molar-refractivity contribution in [2.45, 2.75) is 51.5 Å². The number of hydrogen-bond donors (Lipinski definition) is 2. The topological polar surface area (TPSA) is 64.7 Å². The highest BCUT2D eigenvalue weighted by Crippen LogP contribution is 2.33. The van der Waals surface area contributed by atoms with E-state index in [0.717, 1.165) is 44.5 Å². The minimum atomic E-state index is -0.288. The Labute approximate surface area is 179 Å². The lowest BCUT2D eigenvalue weighted by Crippen LogP contribution is -2.50. The fourth-order valence-electron chi connectivity index (χ4n) is 4.40. The molecule has 2 N–H and O–H groups in total. The molecule has 166 valence electrons. The average molecular weight is 419 g/mol. The summed E-state index contributed by atoms with van der Waals surface area (Å²) in [4.78, 5) is 29.8. The van der Waals surface area contributed by atoms with E-state index in [1.54, 1.807) is 17.0 Å². The van der Waals surface area contributed by atoms with Crippen molar-refractivity contribution in [2.75, 3.05) is 39.3 Å². The van der Waals surface area contributed by atoms with Crippen LogP contribution in [-0.4, -0.2) is 61.0 Å². The van der Waals surface area contributed by atoms with Crippen LogP contribution in [0.5, 0.6) is 0 Å². The zero-order chi connectivity index (χ0) is 21.3. The minimum Gasteiger partial charge on any atom is -0.355 e. The summed E-state index contributed by atoms with van der Waals surface area (Å²) >= 11 is 0. The van der Waals surface area contributed by atoms with Crippen LogP contribution < -0.4 is 10.6 Å². The number of rotatable bonds is 8. The van der Waals surface area contributed by atoms with Gasteiger partial charge in [-0.15, -0.1) is 0 Å². The maximum atomic E-state index is 13.4. The molecule has 2 fully saturated rings. The third-order valence-corrected chi connectivity index (χ3v) is 6.20. The van der Waals surface area contributed by atoms with E-state index in [1.807, 2.05) is 0 Å². The zero-order valence-corrected chi connectivity index (χ0v) is 18.0. The molecule has 0 radical (unpaired) electrons. The highest BCUT2D eigenvalue weighted by atomic mass is 19.1. The van der Waals surface area contributed by atoms with E-state index in [2.05, 4.69) is 22.5 Å². The molecule has 2 saturated heterocycles. The summed E-state index contributed by atoms with van der Waals surface area (Å²) < 4.78 is 13.4. The number of halogens is 1. The van der Waals surface area contributed by atoms with Crippen molar-refractivity contribution in [1.82, 2.24) is 20.4 Å². The van der Waals surface area contributed by atoms with Gasteiger partial charge in [0.05, 0.1) is 12.0 Å². The smallest absolute Gasteiger partial charge is 0.317 e. The highest BCUT2D eigenvalue weighted by molar-refractivity contribution is 5.81. The van der Waals surface area contributed by atoms with Gasteiger partial charge in [0.25, 0.3) is 0 Å². The molecule has 0 spiro atoms. The van der Waals surface area contributed by atoms with Gasteiger partial charge in [-0.05, 0) is 62.9 Å². The van der Waals surface area contributed by atoms with E-state index in [4.69, 9.17) is 0 Å². The van der Waals surface area contributed by atoms with Crippen LogP contribution in [0.4, 0.5) is 9.18 Å². The maximum absolute atomic E-state index is 13.4. The summed E-state index contributed by atoms with van der Waals surface area (Å²) in [5.74, 6) is -0.473. The first-order valence-electron chi connectivity index (χ1n) is 11.4. The summed E-state index contributed by atoms with van der Waals surface area (Å²) in [7, 11) is 0. The van der Waals surface area contributed by atoms with E-state index < -0.39 is 0 Å². The number of nitrogens with one attached hydrogen (secondary N) is 2. The highest BCUT2D eigenvalue weighted by Gasteiger charge is 2.35. The number of hydrogen-bond acceptors (Lipinski definition) is 3. The number of benzene rings is 1. The molecule has 7 heteroatoms. The van der Waals surface area contributed by atoms with E-state index in [-0.39, 0.29) is 29.7 Å². The second-order valence-corrected chi connectivity index (χ2v) is 8.42. The standard InChI is InChI=1S/C23H35FN4O2/c1-2-3-12-26-23(30)28-17-19(22(29)25-13-16-27-14-4-5-15-27)8-11-21(28)18-6-9-20(24)10-7-18/h6-7,9-10,19,21H,2-5,8,11-17H2,1H3,(H,25,29)(H,26,30). The first-order valence-corrected chi connectivity index (χ1v) is 11.4. The number of piperidine rings is 1. The maximum Gasteiger partial charge on any atom is 0.317 e. The van der Waals surface area contributed by atoms with Crippen LogP contribution in [0.15, 0.2) is 24.3 Å². The second-order valence-electron chi connectivity index (χ2n) is 8.42. The molecule has 2 atom stereocenters. The Balaban J connectivity index is 1.60. The SMILES string of the molecule is CCCCNC(=O)N1CC(C(=O)NCCN2CCCC2)CCC1c1ccc(F)cc1. The lowest BCUT2D eigenvalue weighted by Gasteiger charge is -2.39. The first kappa shape index (κ1) is 22.5. The van der Waals surface area contributed by atoms with Gasteiger partial charge >= 0.3 is 6.03 Å². The van der Waals surface area contributed by atoms with Crippen LogP contribution in [0.25, 0.3) is 0 Å². The molecule has 0 bridgehead atoms. The van der Waals surface area contributed by atoms with Crippen LogP contribution in [0.2, 0.25) is 0 Å². The van der Waals surface area contributed by atoms with Crippen molar-refractivity contribution in [3.63, 3.8) is 0 Å². The summed E-state index contributed by atoms with van der Waals surface area (Å²) in [6, 6.07) is 6.05. The summed E-state index contributed by atoms with van der Waals surface area (Å²) in [6.45, 7) is 6.85. The Morgan fingerprint density at radius 1 is 1.07 bits per heavy atom. The van der Waals surface area contributed by atoms with Gasteiger partial charge in [-0.2, -0.15) is 0 Å². The van der Waals surface area contributed by atoms with Gasteiger partial charge in [0.2, 0.25) is 5.91 Å². The summed E-state index contributed by atoms with van der Waals surface area (Å²) in [5.41, 5.74) is 0.912. The van der Waals surface area contributed by atoms with Crippen LogP contribution in [-0.2, 0) is 4.79 Å². The fourth-order valence-corrected chi connectivity index (χ4v) is 4.40. The molecule has 3 rings (SSSR count). The van der Waals surface area contributed by atoms with Gasteiger partial charge < -0.3 is 20.4 Å². The van der Waals surface area contributed by atoms with Gasteiger partial charge in [0.1, 0.15) is 5.82 Å². The normalized spacial score (nSPS) is 22.1. The third kappa shape index (κ3) is 6.17. The molecule has 3 amide bonds. The largest absolute Gasteiger partial charge is 0.355 e. The molecule has 0 saturated carbocycles. The molecule has 2 aliphatic rings. The Hall–Kier alpha value is -2.15. The van der Waals surface area contributed by atoms with Crippen LogP contribution in [0, 0.1) is 11.7 Å². The van der Waals surface area contributed by atoms with Crippen LogP contribution >= 0.6 is 0 Å². The van der Waals surface area contributed by atoms with Gasteiger partial charge in [0, 0.05) is 26.2 Å². The number of unbranched alkanes of at least 4 members (excludes halogenated alkanes) is 1. The minimum absolute atomic E-state index is 0.0260. The molecular weight excluding hydrogens is 383 g/mol. The Morgan fingerprint density at radius 2 is 1.80 bits per heavy atom. The molecule has 6 nitrogen and oxygen atoms in total. The molecule has 2 heterocycles. The van der Waals surface area contributed by atoms with E-state index in [0.29, 0.717) is 26.1 Å². The van der Waals surface area contributed by atoms with Crippen molar-refractivity contribution in [1.29, 1.82) is 0 Å². The number of carbonyl (C=O) groups excluding carboxylic acids is 2. The first-order chi connectivity index (χ1) is 14.6. The lowest BCUT2D eigenvalue weighted by atomic mass is 9.88. The fraction of sp³-hybridized carbons (Fsp3) is 0.652. The van der Waals surface area contributed by atoms with Crippen molar-refractivity contribution < 1.29 is 14.0 Å². The predicted molar refractivity (Wildman–Crippen MR) is 116 cm³/mol. The molecule has 2 unspecified atom stereocenters. The Kier molecular flexibility index (Phi) is 8.49. The summed E-state index contributed by atoms with van der Waals surface area (Å²) in [5, 5.41) is 6.04. The number of carbonyl (C=O) groups is 2. The molecule has 30 heavy (non-hydrogen) atoms.